The summed E-state index contributed by atoms with van der Waals surface area (Å²) in [5, 5.41) is 4.28. The van der Waals surface area contributed by atoms with Crippen LogP contribution in [0.15, 0.2) is 40.3 Å². The predicted molar refractivity (Wildman–Crippen MR) is 92.5 cm³/mol. The average molecular weight is 339 g/mol. The van der Waals surface area contributed by atoms with Crippen LogP contribution in [-0.2, 0) is 11.2 Å². The van der Waals surface area contributed by atoms with Gasteiger partial charge in [-0.2, -0.15) is 0 Å². The first-order valence-corrected chi connectivity index (χ1v) is 9.05. The van der Waals surface area contributed by atoms with Crippen molar-refractivity contribution >= 4 is 29.2 Å². The number of nitrogens with one attached hydrogen (secondary N) is 3. The molecule has 1 heterocycles. The highest BCUT2D eigenvalue weighted by Crippen LogP contribution is 2.30. The number of aromatic nitrogens is 3. The lowest BCUT2D eigenvalue weighted by Crippen LogP contribution is -2.25. The monoisotopic (exact) mass is 338 g/mol. The van der Waals surface area contributed by atoms with Crippen molar-refractivity contribution in [2.24, 2.45) is 0 Å². The molecule has 0 saturated heterocycles. The molecule has 2 aromatic rings. The molecular formula is C15H22N4OS2. The molecule has 0 unspecified atom stereocenters. The Kier molecular flexibility index (Phi) is 6.67. The smallest absolute Gasteiger partial charge is 0.238 e. The van der Waals surface area contributed by atoms with Gasteiger partial charge in [-0.25, -0.2) is 9.91 Å². The Morgan fingerprint density at radius 3 is 2.77 bits per heavy atom. The fourth-order valence-corrected chi connectivity index (χ4v) is 3.74. The maximum absolute atomic E-state index is 11.2. The Labute approximate surface area is 138 Å². The van der Waals surface area contributed by atoms with Gasteiger partial charge in [0, 0.05) is 11.8 Å². The zero-order valence-electron chi connectivity index (χ0n) is 12.9. The number of amides is 1. The summed E-state index contributed by atoms with van der Waals surface area (Å²) in [6.07, 6.45) is 4.63. The average Bonchev–Trinajstić information content (AvgIpc) is 2.50. The van der Waals surface area contributed by atoms with Crippen LogP contribution < -0.4 is 5.43 Å². The summed E-state index contributed by atoms with van der Waals surface area (Å²) in [5.74, 6) is -0.126. The van der Waals surface area contributed by atoms with Gasteiger partial charge in [0.1, 0.15) is 5.03 Å². The van der Waals surface area contributed by atoms with E-state index in [1.165, 1.54) is 40.9 Å². The lowest BCUT2D eigenvalue weighted by atomic mass is 10.2. The molecule has 0 bridgehead atoms. The Morgan fingerprint density at radius 2 is 2.09 bits per heavy atom. The molecular weight excluding hydrogens is 316 g/mol. The zero-order valence-corrected chi connectivity index (χ0v) is 14.5. The third-order valence-corrected chi connectivity index (χ3v) is 5.07. The van der Waals surface area contributed by atoms with Crippen LogP contribution >= 0.6 is 23.3 Å². The number of benzene rings is 1. The van der Waals surface area contributed by atoms with Gasteiger partial charge in [-0.05, 0) is 36.5 Å². The molecule has 0 aliphatic heterocycles. The molecule has 22 heavy (non-hydrogen) atoms. The molecule has 7 heteroatoms. The quantitative estimate of drug-likeness (QED) is 0.659. The van der Waals surface area contributed by atoms with Crippen LogP contribution in [0.25, 0.3) is 0 Å². The van der Waals surface area contributed by atoms with Crippen molar-refractivity contribution in [1.82, 2.24) is 14.5 Å². The number of hydrogen-bond acceptors (Lipinski definition) is 3. The number of carbonyl (C=O) groups excluding carboxylic acids is 1. The normalized spacial score (nSPS) is 10.5. The first kappa shape index (κ1) is 16.8. The zero-order chi connectivity index (χ0) is 15.8. The third kappa shape index (κ3) is 5.31. The van der Waals surface area contributed by atoms with Crippen molar-refractivity contribution in [2.75, 3.05) is 5.43 Å². The summed E-state index contributed by atoms with van der Waals surface area (Å²) in [5.41, 5.74) is 2.69. The van der Waals surface area contributed by atoms with Gasteiger partial charge >= 0.3 is 0 Å². The number of carbonyl (C=O) groups is 1. The Bertz CT molecular complexity index is 622. The highest BCUT2D eigenvalue weighted by atomic mass is 32.2. The van der Waals surface area contributed by atoms with Crippen LogP contribution in [-0.4, -0.2) is 20.4 Å². The fourth-order valence-electron chi connectivity index (χ4n) is 1.93. The van der Waals surface area contributed by atoms with Crippen molar-refractivity contribution in [3.05, 3.63) is 35.2 Å². The van der Waals surface area contributed by atoms with Gasteiger partial charge in [-0.1, -0.05) is 49.7 Å². The van der Waals surface area contributed by atoms with E-state index >= 15 is 0 Å². The Balaban J connectivity index is 2.22. The molecule has 1 amide bonds. The van der Waals surface area contributed by atoms with E-state index < -0.39 is 0 Å². The molecule has 120 valence electrons. The van der Waals surface area contributed by atoms with Crippen molar-refractivity contribution in [3.8, 4) is 0 Å². The number of hydrogen-bond donors (Lipinski definition) is 3. The molecule has 0 saturated carbocycles. The van der Waals surface area contributed by atoms with Crippen LogP contribution in [0, 0.1) is 0 Å². The maximum atomic E-state index is 11.2. The number of rotatable bonds is 7. The molecule has 1 aromatic heterocycles. The van der Waals surface area contributed by atoms with Gasteiger partial charge in [-0.15, -0.1) is 4.91 Å². The van der Waals surface area contributed by atoms with Gasteiger partial charge in [-0.3, -0.25) is 9.89 Å². The summed E-state index contributed by atoms with van der Waals surface area (Å²) in [4.78, 5) is 15.1. The van der Waals surface area contributed by atoms with Crippen molar-refractivity contribution in [2.45, 2.75) is 49.5 Å². The maximum Gasteiger partial charge on any atom is 0.238 e. The van der Waals surface area contributed by atoms with E-state index in [1.807, 2.05) is 18.2 Å². The molecule has 0 aliphatic carbocycles. The molecule has 5 nitrogen and oxygen atoms in total. The van der Waals surface area contributed by atoms with E-state index in [-0.39, 0.29) is 5.91 Å². The van der Waals surface area contributed by atoms with E-state index in [4.69, 9.17) is 0 Å². The van der Waals surface area contributed by atoms with E-state index in [0.29, 0.717) is 0 Å². The molecule has 0 aliphatic rings. The fraction of sp³-hybridized carbons (Fsp3) is 0.400. The van der Waals surface area contributed by atoms with Crippen molar-refractivity contribution in [3.63, 3.8) is 0 Å². The van der Waals surface area contributed by atoms with Gasteiger partial charge in [0.2, 0.25) is 5.91 Å². The molecule has 0 spiro atoms. The Morgan fingerprint density at radius 1 is 1.32 bits per heavy atom. The lowest BCUT2D eigenvalue weighted by Gasteiger charge is -2.13. The van der Waals surface area contributed by atoms with Crippen LogP contribution in [0.1, 0.15) is 38.0 Å². The van der Waals surface area contributed by atoms with Crippen LogP contribution in [0.3, 0.4) is 0 Å². The van der Waals surface area contributed by atoms with Gasteiger partial charge in [0.25, 0.3) is 0 Å². The minimum absolute atomic E-state index is 0.126. The number of aryl methyl sites for hydroxylation is 1. The summed E-state index contributed by atoms with van der Waals surface area (Å²) in [6.45, 7) is 3.69. The van der Waals surface area contributed by atoms with Crippen molar-refractivity contribution in [1.29, 1.82) is 0 Å². The second kappa shape index (κ2) is 8.75. The van der Waals surface area contributed by atoms with E-state index in [9.17, 15) is 4.79 Å². The second-order valence-corrected chi connectivity index (χ2v) is 6.90. The van der Waals surface area contributed by atoms with Gasteiger partial charge in [0.15, 0.2) is 0 Å². The minimum Gasteiger partial charge on any atom is -0.273 e. The van der Waals surface area contributed by atoms with Crippen LogP contribution in [0.2, 0.25) is 0 Å². The molecule has 0 fully saturated rings. The first-order chi connectivity index (χ1) is 10.7. The summed E-state index contributed by atoms with van der Waals surface area (Å²) < 4.78 is 3.08. The van der Waals surface area contributed by atoms with E-state index in [1.54, 1.807) is 23.3 Å². The summed E-state index contributed by atoms with van der Waals surface area (Å²) in [6, 6.07) is 10.2. The van der Waals surface area contributed by atoms with Gasteiger partial charge < -0.3 is 0 Å². The second-order valence-electron chi connectivity index (χ2n) is 4.93. The summed E-state index contributed by atoms with van der Waals surface area (Å²) in [7, 11) is 0. The minimum atomic E-state index is -0.126. The van der Waals surface area contributed by atoms with Gasteiger partial charge in [0.05, 0.1) is 4.88 Å². The molecule has 2 rings (SSSR count). The van der Waals surface area contributed by atoms with Crippen LogP contribution in [0.5, 0.6) is 0 Å². The number of aromatic amines is 2. The third-order valence-electron chi connectivity index (χ3n) is 2.97. The lowest BCUT2D eigenvalue weighted by molar-refractivity contribution is -0.115. The van der Waals surface area contributed by atoms with Crippen LogP contribution in [0.4, 0.5) is 0 Å². The highest BCUT2D eigenvalue weighted by molar-refractivity contribution is 7.99. The van der Waals surface area contributed by atoms with E-state index in [0.717, 1.165) is 11.4 Å². The molecule has 3 N–H and O–H groups in total. The van der Waals surface area contributed by atoms with E-state index in [2.05, 4.69) is 34.1 Å². The number of unbranched alkanes of at least 4 members (excludes halogenated alkanes) is 2. The number of nitrogens with zero attached hydrogens (tertiary/aromatic N) is 1. The topological polar surface area (TPSA) is 65.6 Å². The van der Waals surface area contributed by atoms with Crippen molar-refractivity contribution < 1.29 is 4.79 Å². The predicted octanol–water partition coefficient (Wildman–Crippen LogP) is 4.30. The standard InChI is InChI=1S/C15H22N4OS2/c1-3-4-6-11-14-15(21-13-9-7-5-8-10-13)17-19(18-22-14)16-12(2)20/h5,7-10,17-18H,3-4,6,11H2,1-2H3,(H,16,20). The molecule has 0 atom stereocenters. The number of H-pyrrole nitrogens is 2. The highest BCUT2D eigenvalue weighted by Gasteiger charge is 2.08. The SMILES string of the molecule is CCCCCc1s[nH]n(NC(C)=O)[nH]c1Sc1ccccc1. The summed E-state index contributed by atoms with van der Waals surface area (Å²) >= 11 is 3.22. The first-order valence-electron chi connectivity index (χ1n) is 7.41. The molecule has 1 aromatic carbocycles. The largest absolute Gasteiger partial charge is 0.273 e. The Hall–Kier alpha value is -1.60. The molecule has 0 radical (unpaired) electrons.